The highest BCUT2D eigenvalue weighted by Crippen LogP contribution is 2.45. The van der Waals surface area contributed by atoms with Crippen LogP contribution < -0.4 is 4.74 Å². The van der Waals surface area contributed by atoms with Crippen molar-refractivity contribution in [1.29, 1.82) is 0 Å². The Morgan fingerprint density at radius 1 is 1.13 bits per heavy atom. The number of aliphatic hydroxyl groups is 1. The standard InChI is InChI=1S/C29H44N2O7/c1-4-5-10-30(11-6-12-32)25(33)19-31-18-22(20-7-8-24-21(16-20)9-13-36-24)26(27(34)35)23(31)17-29(2,3)28-37-14-15-38-28/h7-8,16,22-23,26,28,32H,4-6,9-15,17-19H2,1-3H3,(H,34,35). The van der Waals surface area contributed by atoms with Crippen molar-refractivity contribution in [3.8, 4) is 5.75 Å². The van der Waals surface area contributed by atoms with Gasteiger partial charge < -0.3 is 29.3 Å². The number of benzene rings is 1. The van der Waals surface area contributed by atoms with Crippen molar-refractivity contribution in [3.05, 3.63) is 29.3 Å². The van der Waals surface area contributed by atoms with Gasteiger partial charge in [-0.3, -0.25) is 14.5 Å². The third-order valence-corrected chi connectivity index (χ3v) is 8.23. The second-order valence-electron chi connectivity index (χ2n) is 11.5. The van der Waals surface area contributed by atoms with Crippen LogP contribution in [-0.2, 0) is 25.5 Å². The van der Waals surface area contributed by atoms with Crippen LogP contribution in [0.3, 0.4) is 0 Å². The molecule has 2 N–H and O–H groups in total. The molecule has 0 aliphatic carbocycles. The first kappa shape index (κ1) is 28.8. The summed E-state index contributed by atoms with van der Waals surface area (Å²) in [7, 11) is 0. The fourth-order valence-corrected chi connectivity index (χ4v) is 6.21. The highest BCUT2D eigenvalue weighted by Gasteiger charge is 2.50. The number of ether oxygens (including phenoxy) is 3. The molecule has 0 bridgehead atoms. The monoisotopic (exact) mass is 532 g/mol. The largest absolute Gasteiger partial charge is 0.493 e. The van der Waals surface area contributed by atoms with Crippen molar-refractivity contribution < 1.29 is 34.0 Å². The van der Waals surface area contributed by atoms with Gasteiger partial charge in [0, 0.05) is 50.0 Å². The Kier molecular flexibility index (Phi) is 9.68. The molecule has 3 atom stereocenters. The van der Waals surface area contributed by atoms with Crippen molar-refractivity contribution in [2.24, 2.45) is 11.3 Å². The molecule has 2 fully saturated rings. The van der Waals surface area contributed by atoms with Crippen LogP contribution in [0.5, 0.6) is 5.75 Å². The predicted octanol–water partition coefficient (Wildman–Crippen LogP) is 2.89. The van der Waals surface area contributed by atoms with Crippen molar-refractivity contribution in [2.75, 3.05) is 52.6 Å². The minimum atomic E-state index is -0.848. The Hall–Kier alpha value is -2.20. The van der Waals surface area contributed by atoms with Crippen LogP contribution >= 0.6 is 0 Å². The molecule has 9 nitrogen and oxygen atoms in total. The Morgan fingerprint density at radius 2 is 1.87 bits per heavy atom. The summed E-state index contributed by atoms with van der Waals surface area (Å²) in [6.07, 6.45) is 3.33. The van der Waals surface area contributed by atoms with E-state index < -0.39 is 23.6 Å². The molecular formula is C29H44N2O7. The lowest BCUT2D eigenvalue weighted by Gasteiger charge is -2.37. The number of rotatable bonds is 13. The Labute approximate surface area is 226 Å². The number of carboxylic acid groups (broad SMARTS) is 1. The summed E-state index contributed by atoms with van der Waals surface area (Å²) in [4.78, 5) is 30.3. The SMILES string of the molecule is CCCCN(CCCO)C(=O)CN1CC(c2ccc3c(c2)CCO3)C(C(=O)O)C1CC(C)(C)C1OCCO1. The van der Waals surface area contributed by atoms with Crippen LogP contribution in [0.1, 0.15) is 63.5 Å². The van der Waals surface area contributed by atoms with E-state index in [9.17, 15) is 19.8 Å². The molecule has 1 amide bonds. The van der Waals surface area contributed by atoms with E-state index >= 15 is 0 Å². The van der Waals surface area contributed by atoms with Crippen LogP contribution in [0.15, 0.2) is 18.2 Å². The second-order valence-corrected chi connectivity index (χ2v) is 11.5. The number of unbranched alkanes of at least 4 members (excludes halogenated alkanes) is 1. The molecule has 3 unspecified atom stereocenters. The molecular weight excluding hydrogens is 488 g/mol. The molecule has 0 saturated carbocycles. The molecule has 0 radical (unpaired) electrons. The minimum absolute atomic E-state index is 0.0183. The molecule has 3 heterocycles. The quantitative estimate of drug-likeness (QED) is 0.399. The molecule has 212 valence electrons. The van der Waals surface area contributed by atoms with E-state index in [1.54, 1.807) is 0 Å². The molecule has 38 heavy (non-hydrogen) atoms. The van der Waals surface area contributed by atoms with E-state index in [0.717, 1.165) is 36.1 Å². The van der Waals surface area contributed by atoms with Crippen molar-refractivity contribution in [1.82, 2.24) is 9.80 Å². The third kappa shape index (κ3) is 6.50. The van der Waals surface area contributed by atoms with Crippen LogP contribution in [0.4, 0.5) is 0 Å². The zero-order valence-corrected chi connectivity index (χ0v) is 23.1. The zero-order chi connectivity index (χ0) is 27.3. The summed E-state index contributed by atoms with van der Waals surface area (Å²) in [5.74, 6) is -0.923. The van der Waals surface area contributed by atoms with E-state index in [4.69, 9.17) is 14.2 Å². The van der Waals surface area contributed by atoms with Gasteiger partial charge in [0.2, 0.25) is 5.91 Å². The van der Waals surface area contributed by atoms with Crippen molar-refractivity contribution in [2.45, 2.75) is 71.1 Å². The van der Waals surface area contributed by atoms with Crippen LogP contribution in [0.2, 0.25) is 0 Å². The van der Waals surface area contributed by atoms with E-state index in [0.29, 0.717) is 52.3 Å². The van der Waals surface area contributed by atoms with Gasteiger partial charge in [-0.2, -0.15) is 0 Å². The fourth-order valence-electron chi connectivity index (χ4n) is 6.21. The number of aliphatic carboxylic acids is 1. The highest BCUT2D eigenvalue weighted by atomic mass is 16.7. The first-order valence-corrected chi connectivity index (χ1v) is 14.1. The van der Waals surface area contributed by atoms with E-state index in [1.165, 1.54) is 0 Å². The van der Waals surface area contributed by atoms with Gasteiger partial charge in [0.1, 0.15) is 5.75 Å². The summed E-state index contributed by atoms with van der Waals surface area (Å²) in [5.41, 5.74) is 1.66. The fraction of sp³-hybridized carbons (Fsp3) is 0.724. The number of likely N-dealkylation sites (tertiary alicyclic amines) is 1. The number of aliphatic hydroxyl groups excluding tert-OH is 1. The van der Waals surface area contributed by atoms with E-state index in [1.807, 2.05) is 17.0 Å². The van der Waals surface area contributed by atoms with Crippen LogP contribution in [0.25, 0.3) is 0 Å². The van der Waals surface area contributed by atoms with Crippen molar-refractivity contribution in [3.63, 3.8) is 0 Å². The molecule has 1 aromatic rings. The van der Waals surface area contributed by atoms with E-state index in [2.05, 4.69) is 31.7 Å². The number of nitrogens with zero attached hydrogens (tertiary/aromatic N) is 2. The highest BCUT2D eigenvalue weighted by molar-refractivity contribution is 5.79. The summed E-state index contributed by atoms with van der Waals surface area (Å²) < 4.78 is 17.3. The van der Waals surface area contributed by atoms with Gasteiger partial charge >= 0.3 is 5.97 Å². The van der Waals surface area contributed by atoms with Gasteiger partial charge in [0.25, 0.3) is 0 Å². The summed E-state index contributed by atoms with van der Waals surface area (Å²) >= 11 is 0. The lowest BCUT2D eigenvalue weighted by atomic mass is 9.77. The van der Waals surface area contributed by atoms with Gasteiger partial charge in [0.15, 0.2) is 6.29 Å². The average Bonchev–Trinajstić information content (AvgIpc) is 3.64. The number of carboxylic acids is 1. The molecule has 0 spiro atoms. The van der Waals surface area contributed by atoms with Gasteiger partial charge in [-0.25, -0.2) is 0 Å². The molecule has 4 rings (SSSR count). The van der Waals surface area contributed by atoms with Gasteiger partial charge in [-0.05, 0) is 36.5 Å². The third-order valence-electron chi connectivity index (χ3n) is 8.23. The smallest absolute Gasteiger partial charge is 0.308 e. The average molecular weight is 533 g/mol. The van der Waals surface area contributed by atoms with Gasteiger partial charge in [-0.1, -0.05) is 39.3 Å². The molecule has 0 aromatic heterocycles. The summed E-state index contributed by atoms with van der Waals surface area (Å²) in [5, 5.41) is 19.9. The maximum atomic E-state index is 13.5. The normalized spacial score (nSPS) is 23.9. The lowest BCUT2D eigenvalue weighted by Crippen LogP contribution is -2.47. The zero-order valence-electron chi connectivity index (χ0n) is 23.1. The lowest BCUT2D eigenvalue weighted by molar-refractivity contribution is -0.148. The number of hydrogen-bond acceptors (Lipinski definition) is 7. The topological polar surface area (TPSA) is 109 Å². The number of hydrogen-bond donors (Lipinski definition) is 2. The van der Waals surface area contributed by atoms with Gasteiger partial charge in [-0.15, -0.1) is 0 Å². The molecule has 1 aromatic carbocycles. The number of fused-ring (bicyclic) bond motifs is 1. The minimum Gasteiger partial charge on any atom is -0.493 e. The van der Waals surface area contributed by atoms with Crippen LogP contribution in [0, 0.1) is 11.3 Å². The predicted molar refractivity (Wildman–Crippen MR) is 142 cm³/mol. The Morgan fingerprint density at radius 3 is 2.55 bits per heavy atom. The molecule has 9 heteroatoms. The molecule has 3 aliphatic rings. The maximum Gasteiger partial charge on any atom is 0.308 e. The number of amides is 1. The van der Waals surface area contributed by atoms with Gasteiger partial charge in [0.05, 0.1) is 32.3 Å². The summed E-state index contributed by atoms with van der Waals surface area (Å²) in [6, 6.07) is 5.66. The first-order valence-electron chi connectivity index (χ1n) is 14.1. The first-order chi connectivity index (χ1) is 18.2. The Bertz CT molecular complexity index is 954. The maximum absolute atomic E-state index is 13.5. The van der Waals surface area contributed by atoms with Crippen molar-refractivity contribution >= 4 is 11.9 Å². The second kappa shape index (κ2) is 12.8. The Balaban J connectivity index is 1.62. The molecule has 3 aliphatic heterocycles. The number of carbonyl (C=O) groups is 2. The van der Waals surface area contributed by atoms with E-state index in [-0.39, 0.29) is 31.0 Å². The number of carbonyl (C=O) groups excluding carboxylic acids is 1. The summed E-state index contributed by atoms with van der Waals surface area (Å²) in [6.45, 7) is 9.70. The van der Waals surface area contributed by atoms with Crippen LogP contribution in [-0.4, -0.2) is 96.8 Å². The molecule has 2 saturated heterocycles.